The lowest BCUT2D eigenvalue weighted by molar-refractivity contribution is -0.146. The van der Waals surface area contributed by atoms with Gasteiger partial charge in [-0.05, 0) is 30.5 Å². The summed E-state index contributed by atoms with van der Waals surface area (Å²) in [4.78, 5) is 11.7. The summed E-state index contributed by atoms with van der Waals surface area (Å²) in [6.07, 6.45) is 4.36. The molecule has 1 aromatic rings. The van der Waals surface area contributed by atoms with Gasteiger partial charge >= 0.3 is 5.97 Å². The van der Waals surface area contributed by atoms with Crippen LogP contribution in [0, 0.1) is 0 Å². The Morgan fingerprint density at radius 1 is 1.39 bits per heavy atom. The molecule has 0 aliphatic heterocycles. The normalized spacial score (nSPS) is 17.7. The number of ether oxygens (including phenoxy) is 1. The van der Waals surface area contributed by atoms with Crippen molar-refractivity contribution in [2.24, 2.45) is 5.73 Å². The minimum Gasteiger partial charge on any atom is -0.461 e. The molecule has 1 aromatic carbocycles. The predicted molar refractivity (Wildman–Crippen MR) is 71.3 cm³/mol. The van der Waals surface area contributed by atoms with Gasteiger partial charge in [0.05, 0.1) is 6.42 Å². The van der Waals surface area contributed by atoms with Gasteiger partial charge in [0.2, 0.25) is 0 Å². The number of nitrogens with two attached hydrogens (primary N) is 1. The first-order valence-corrected chi connectivity index (χ1v) is 6.64. The highest BCUT2D eigenvalue weighted by Crippen LogP contribution is 2.30. The van der Waals surface area contributed by atoms with E-state index in [1.807, 2.05) is 12.1 Å². The first-order chi connectivity index (χ1) is 8.57. The minimum atomic E-state index is -0.342. The molecule has 1 aliphatic carbocycles. The summed E-state index contributed by atoms with van der Waals surface area (Å²) in [6, 6.07) is 7.31. The van der Waals surface area contributed by atoms with E-state index in [4.69, 9.17) is 22.1 Å². The van der Waals surface area contributed by atoms with E-state index in [0.29, 0.717) is 11.4 Å². The smallest absolute Gasteiger partial charge is 0.307 e. The van der Waals surface area contributed by atoms with Gasteiger partial charge in [0.1, 0.15) is 6.61 Å². The van der Waals surface area contributed by atoms with Gasteiger partial charge in [-0.3, -0.25) is 4.79 Å². The quantitative estimate of drug-likeness (QED) is 0.853. The molecule has 4 heteroatoms. The fourth-order valence-corrected chi connectivity index (χ4v) is 2.60. The first kappa shape index (κ1) is 13.4. The molecule has 0 spiro atoms. The van der Waals surface area contributed by atoms with Crippen LogP contribution >= 0.6 is 11.6 Å². The molecule has 18 heavy (non-hydrogen) atoms. The molecule has 0 saturated heterocycles. The molecule has 1 saturated carbocycles. The highest BCUT2D eigenvalue weighted by Gasteiger charge is 2.32. The number of benzene rings is 1. The number of halogens is 1. The second kappa shape index (κ2) is 5.72. The summed E-state index contributed by atoms with van der Waals surface area (Å²) < 4.78 is 5.23. The lowest BCUT2D eigenvalue weighted by Crippen LogP contribution is -2.39. The van der Waals surface area contributed by atoms with Crippen molar-refractivity contribution in [2.75, 3.05) is 0 Å². The fourth-order valence-electron chi connectivity index (χ4n) is 2.38. The molecule has 0 atom stereocenters. The van der Waals surface area contributed by atoms with Crippen LogP contribution in [-0.2, 0) is 16.1 Å². The van der Waals surface area contributed by atoms with Crippen LogP contribution in [0.5, 0.6) is 0 Å². The Morgan fingerprint density at radius 2 is 2.11 bits per heavy atom. The van der Waals surface area contributed by atoms with Gasteiger partial charge in [-0.2, -0.15) is 0 Å². The second-order valence-corrected chi connectivity index (χ2v) is 5.47. The van der Waals surface area contributed by atoms with Crippen LogP contribution in [0.4, 0.5) is 0 Å². The predicted octanol–water partition coefficient (Wildman–Crippen LogP) is 3.04. The van der Waals surface area contributed by atoms with Gasteiger partial charge < -0.3 is 10.5 Å². The number of esters is 1. The molecule has 98 valence electrons. The lowest BCUT2D eigenvalue weighted by atomic mass is 9.95. The highest BCUT2D eigenvalue weighted by atomic mass is 35.5. The van der Waals surface area contributed by atoms with Gasteiger partial charge in [0, 0.05) is 10.6 Å². The third-order valence-corrected chi connectivity index (χ3v) is 3.62. The van der Waals surface area contributed by atoms with Gasteiger partial charge in [0.25, 0.3) is 0 Å². The van der Waals surface area contributed by atoms with Crippen molar-refractivity contribution in [3.8, 4) is 0 Å². The molecule has 0 amide bonds. The molecule has 0 aromatic heterocycles. The van der Waals surface area contributed by atoms with E-state index in [1.165, 1.54) is 0 Å². The molecule has 0 bridgehead atoms. The van der Waals surface area contributed by atoms with Gasteiger partial charge in [0.15, 0.2) is 0 Å². The number of rotatable bonds is 4. The molecule has 0 unspecified atom stereocenters. The largest absolute Gasteiger partial charge is 0.461 e. The third-order valence-electron chi connectivity index (χ3n) is 3.38. The highest BCUT2D eigenvalue weighted by molar-refractivity contribution is 6.30. The van der Waals surface area contributed by atoms with Crippen LogP contribution in [-0.4, -0.2) is 11.5 Å². The zero-order valence-electron chi connectivity index (χ0n) is 10.3. The van der Waals surface area contributed by atoms with E-state index < -0.39 is 0 Å². The van der Waals surface area contributed by atoms with E-state index in [1.54, 1.807) is 12.1 Å². The maximum Gasteiger partial charge on any atom is 0.307 e. The Hall–Kier alpha value is -1.06. The Kier molecular flexibility index (Phi) is 4.25. The summed E-state index contributed by atoms with van der Waals surface area (Å²) in [5, 5.41) is 0.648. The average Bonchev–Trinajstić information content (AvgIpc) is 2.73. The molecule has 0 heterocycles. The average molecular weight is 268 g/mol. The molecule has 2 rings (SSSR count). The Labute approximate surface area is 112 Å². The maximum atomic E-state index is 11.7. The molecule has 0 radical (unpaired) electrons. The van der Waals surface area contributed by atoms with E-state index >= 15 is 0 Å². The van der Waals surface area contributed by atoms with E-state index in [9.17, 15) is 4.79 Å². The topological polar surface area (TPSA) is 52.3 Å². The van der Waals surface area contributed by atoms with Crippen molar-refractivity contribution in [1.29, 1.82) is 0 Å². The molecule has 2 N–H and O–H groups in total. The summed E-state index contributed by atoms with van der Waals surface area (Å²) in [5.74, 6) is -0.223. The van der Waals surface area contributed by atoms with Gasteiger partial charge in [-0.15, -0.1) is 0 Å². The van der Waals surface area contributed by atoms with Crippen molar-refractivity contribution >= 4 is 17.6 Å². The van der Waals surface area contributed by atoms with Crippen LogP contribution in [0.15, 0.2) is 24.3 Å². The standard InChI is InChI=1S/C14H18ClNO2/c15-12-5-3-4-11(8-12)10-18-13(17)9-14(16)6-1-2-7-14/h3-5,8H,1-2,6-7,9-10,16H2. The molecule has 3 nitrogen and oxygen atoms in total. The Morgan fingerprint density at radius 3 is 2.78 bits per heavy atom. The van der Waals surface area contributed by atoms with Crippen LogP contribution in [0.25, 0.3) is 0 Å². The number of hydrogen-bond donors (Lipinski definition) is 1. The zero-order chi connectivity index (χ0) is 13.0. The molecular formula is C14H18ClNO2. The summed E-state index contributed by atoms with van der Waals surface area (Å²) in [6.45, 7) is 0.259. The maximum absolute atomic E-state index is 11.7. The van der Waals surface area contributed by atoms with Crippen molar-refractivity contribution in [3.05, 3.63) is 34.9 Å². The zero-order valence-corrected chi connectivity index (χ0v) is 11.1. The van der Waals surface area contributed by atoms with E-state index in [-0.39, 0.29) is 18.1 Å². The SMILES string of the molecule is NC1(CC(=O)OCc2cccc(Cl)c2)CCCC1. The van der Waals surface area contributed by atoms with Crippen LogP contribution in [0.1, 0.15) is 37.7 Å². The first-order valence-electron chi connectivity index (χ1n) is 6.26. The summed E-state index contributed by atoms with van der Waals surface area (Å²) in [5.41, 5.74) is 6.69. The van der Waals surface area contributed by atoms with Crippen LogP contribution in [0.2, 0.25) is 5.02 Å². The van der Waals surface area contributed by atoms with Crippen molar-refractivity contribution in [2.45, 2.75) is 44.2 Å². The minimum absolute atomic E-state index is 0.223. The van der Waals surface area contributed by atoms with E-state index in [0.717, 1.165) is 31.2 Å². The van der Waals surface area contributed by atoms with Crippen molar-refractivity contribution in [3.63, 3.8) is 0 Å². The molecule has 1 fully saturated rings. The number of carbonyl (C=O) groups excluding carboxylic acids is 1. The summed E-state index contributed by atoms with van der Waals surface area (Å²) in [7, 11) is 0. The van der Waals surface area contributed by atoms with Gasteiger partial charge in [-0.25, -0.2) is 0 Å². The molecular weight excluding hydrogens is 250 g/mol. The fraction of sp³-hybridized carbons (Fsp3) is 0.500. The number of carbonyl (C=O) groups is 1. The van der Waals surface area contributed by atoms with Crippen molar-refractivity contribution < 1.29 is 9.53 Å². The second-order valence-electron chi connectivity index (χ2n) is 5.04. The third kappa shape index (κ3) is 3.72. The Balaban J connectivity index is 1.81. The molecule has 1 aliphatic rings. The summed E-state index contributed by atoms with van der Waals surface area (Å²) >= 11 is 5.86. The van der Waals surface area contributed by atoms with E-state index in [2.05, 4.69) is 0 Å². The van der Waals surface area contributed by atoms with Crippen LogP contribution < -0.4 is 5.73 Å². The van der Waals surface area contributed by atoms with Gasteiger partial charge in [-0.1, -0.05) is 36.6 Å². The Bertz CT molecular complexity index is 428. The lowest BCUT2D eigenvalue weighted by Gasteiger charge is -2.21. The number of hydrogen-bond acceptors (Lipinski definition) is 3. The monoisotopic (exact) mass is 267 g/mol. The van der Waals surface area contributed by atoms with Crippen LogP contribution in [0.3, 0.4) is 0 Å². The van der Waals surface area contributed by atoms with Crippen molar-refractivity contribution in [1.82, 2.24) is 0 Å².